The zero-order valence-corrected chi connectivity index (χ0v) is 15.3. The highest BCUT2D eigenvalue weighted by Crippen LogP contribution is 2.33. The predicted octanol–water partition coefficient (Wildman–Crippen LogP) is 3.78. The van der Waals surface area contributed by atoms with Crippen LogP contribution in [0.5, 0.6) is 0 Å². The second kappa shape index (κ2) is 6.41. The molecule has 0 N–H and O–H groups in total. The van der Waals surface area contributed by atoms with Crippen LogP contribution >= 0.6 is 24.0 Å². The maximum Gasteiger partial charge on any atom is 0.266 e. The van der Waals surface area contributed by atoms with E-state index >= 15 is 0 Å². The third kappa shape index (κ3) is 2.85. The standard InChI is InChI=1S/C17H17N3O2S2/c1-5-6-19-16(21)14(24-17(19)23)9-13-7-10(2)20(12(13)4)15-8-11(3)22-18-15/h5,7-9H,1,6H2,2-4H3/b14-9-. The van der Waals surface area contributed by atoms with Crippen LogP contribution in [0.1, 0.15) is 22.7 Å². The number of amides is 1. The molecule has 7 heteroatoms. The van der Waals surface area contributed by atoms with Crippen molar-refractivity contribution >= 4 is 40.3 Å². The molecule has 1 amide bonds. The lowest BCUT2D eigenvalue weighted by Gasteiger charge is -2.10. The zero-order valence-electron chi connectivity index (χ0n) is 13.7. The Morgan fingerprint density at radius 2 is 2.12 bits per heavy atom. The summed E-state index contributed by atoms with van der Waals surface area (Å²) in [6, 6.07) is 3.91. The van der Waals surface area contributed by atoms with E-state index in [1.807, 2.05) is 43.5 Å². The molecule has 124 valence electrons. The van der Waals surface area contributed by atoms with Crippen LogP contribution in [0, 0.1) is 20.8 Å². The molecule has 0 aromatic carbocycles. The molecule has 24 heavy (non-hydrogen) atoms. The largest absolute Gasteiger partial charge is 0.360 e. The Bertz CT molecular complexity index is 877. The van der Waals surface area contributed by atoms with Crippen LogP contribution in [-0.4, -0.2) is 31.4 Å². The number of nitrogens with zero attached hydrogens (tertiary/aromatic N) is 3. The Kier molecular flexibility index (Phi) is 4.47. The van der Waals surface area contributed by atoms with Crippen molar-refractivity contribution in [2.24, 2.45) is 0 Å². The highest BCUT2D eigenvalue weighted by molar-refractivity contribution is 8.26. The van der Waals surface area contributed by atoms with Gasteiger partial charge in [-0.25, -0.2) is 0 Å². The van der Waals surface area contributed by atoms with Crippen molar-refractivity contribution in [3.05, 3.63) is 52.4 Å². The molecule has 1 saturated heterocycles. The third-order valence-corrected chi connectivity index (χ3v) is 5.16. The molecule has 0 radical (unpaired) electrons. The lowest BCUT2D eigenvalue weighted by molar-refractivity contribution is -0.121. The van der Waals surface area contributed by atoms with Crippen molar-refractivity contribution in [1.29, 1.82) is 0 Å². The van der Waals surface area contributed by atoms with Crippen molar-refractivity contribution in [2.75, 3.05) is 6.54 Å². The van der Waals surface area contributed by atoms with Crippen LogP contribution in [-0.2, 0) is 4.79 Å². The smallest absolute Gasteiger partial charge is 0.266 e. The highest BCUT2D eigenvalue weighted by Gasteiger charge is 2.31. The number of thiocarbonyl (C=S) groups is 1. The summed E-state index contributed by atoms with van der Waals surface area (Å²) in [4.78, 5) is 14.6. The molecule has 0 spiro atoms. The van der Waals surface area contributed by atoms with Gasteiger partial charge in [0, 0.05) is 24.0 Å². The van der Waals surface area contributed by atoms with Crippen LogP contribution in [0.3, 0.4) is 0 Å². The van der Waals surface area contributed by atoms with Crippen molar-refractivity contribution in [3.8, 4) is 5.82 Å². The third-order valence-electron chi connectivity index (χ3n) is 3.79. The van der Waals surface area contributed by atoms with Gasteiger partial charge in [-0.3, -0.25) is 14.3 Å². The summed E-state index contributed by atoms with van der Waals surface area (Å²) in [5.74, 6) is 1.41. The number of rotatable bonds is 4. The van der Waals surface area contributed by atoms with Crippen LogP contribution in [0.4, 0.5) is 0 Å². The maximum absolute atomic E-state index is 12.5. The Labute approximate surface area is 150 Å². The molecule has 2 aromatic heterocycles. The molecule has 1 fully saturated rings. The fourth-order valence-corrected chi connectivity index (χ4v) is 3.94. The topological polar surface area (TPSA) is 51.3 Å². The summed E-state index contributed by atoms with van der Waals surface area (Å²) in [5, 5.41) is 4.07. The van der Waals surface area contributed by atoms with E-state index in [9.17, 15) is 4.79 Å². The SMILES string of the molecule is C=CCN1C(=O)/C(=C/c2cc(C)n(-c3cc(C)on3)c2C)SC1=S. The predicted molar refractivity (Wildman–Crippen MR) is 100 cm³/mol. The van der Waals surface area contributed by atoms with Crippen molar-refractivity contribution < 1.29 is 9.32 Å². The molecule has 0 saturated carbocycles. The fourth-order valence-electron chi connectivity index (χ4n) is 2.67. The molecule has 0 atom stereocenters. The molecular weight excluding hydrogens is 342 g/mol. The van der Waals surface area contributed by atoms with Crippen molar-refractivity contribution in [1.82, 2.24) is 14.6 Å². The van der Waals surface area contributed by atoms with Gasteiger partial charge in [-0.1, -0.05) is 35.2 Å². The van der Waals surface area contributed by atoms with Crippen molar-refractivity contribution in [2.45, 2.75) is 20.8 Å². The summed E-state index contributed by atoms with van der Waals surface area (Å²) in [6.45, 7) is 9.94. The number of thioether (sulfide) groups is 1. The zero-order chi connectivity index (χ0) is 17.4. The van der Waals surface area contributed by atoms with Gasteiger partial charge in [0.2, 0.25) is 0 Å². The summed E-state index contributed by atoms with van der Waals surface area (Å²) in [5.41, 5.74) is 2.98. The Hall–Kier alpha value is -2.12. The molecule has 3 heterocycles. The molecule has 0 unspecified atom stereocenters. The molecule has 3 rings (SSSR count). The van der Waals surface area contributed by atoms with E-state index in [0.717, 1.165) is 28.5 Å². The van der Waals surface area contributed by atoms with Gasteiger partial charge in [-0.15, -0.1) is 6.58 Å². The Morgan fingerprint density at radius 3 is 2.75 bits per heavy atom. The number of carbonyl (C=O) groups excluding carboxylic acids is 1. The Balaban J connectivity index is 1.98. The first-order valence-electron chi connectivity index (χ1n) is 7.41. The number of hydrogen-bond acceptors (Lipinski definition) is 5. The van der Waals surface area contributed by atoms with Gasteiger partial charge in [0.05, 0.1) is 4.91 Å². The first kappa shape index (κ1) is 16.7. The van der Waals surface area contributed by atoms with E-state index in [2.05, 4.69) is 11.7 Å². The molecule has 0 bridgehead atoms. The summed E-state index contributed by atoms with van der Waals surface area (Å²) in [6.07, 6.45) is 3.56. The van der Waals surface area contributed by atoms with Gasteiger partial charge in [0.1, 0.15) is 10.1 Å². The first-order valence-corrected chi connectivity index (χ1v) is 8.63. The monoisotopic (exact) mass is 359 g/mol. The lowest BCUT2D eigenvalue weighted by atomic mass is 10.2. The maximum atomic E-state index is 12.5. The number of aryl methyl sites for hydroxylation is 2. The summed E-state index contributed by atoms with van der Waals surface area (Å²) in [7, 11) is 0. The molecule has 2 aromatic rings. The second-order valence-corrected chi connectivity index (χ2v) is 7.21. The van der Waals surface area contributed by atoms with E-state index in [-0.39, 0.29) is 5.91 Å². The van der Waals surface area contributed by atoms with Crippen LogP contribution in [0.15, 0.2) is 34.2 Å². The van der Waals surface area contributed by atoms with E-state index in [0.29, 0.717) is 15.8 Å². The van der Waals surface area contributed by atoms with Crippen LogP contribution in [0.2, 0.25) is 0 Å². The second-order valence-electron chi connectivity index (χ2n) is 5.54. The van der Waals surface area contributed by atoms with Gasteiger partial charge in [0.15, 0.2) is 5.82 Å². The van der Waals surface area contributed by atoms with Gasteiger partial charge >= 0.3 is 0 Å². The average Bonchev–Trinajstić information content (AvgIpc) is 3.14. The highest BCUT2D eigenvalue weighted by atomic mass is 32.2. The van der Waals surface area contributed by atoms with E-state index < -0.39 is 0 Å². The molecule has 5 nitrogen and oxygen atoms in total. The van der Waals surface area contributed by atoms with E-state index in [1.165, 1.54) is 11.8 Å². The average molecular weight is 359 g/mol. The Morgan fingerprint density at radius 1 is 1.38 bits per heavy atom. The first-order chi connectivity index (χ1) is 11.4. The van der Waals surface area contributed by atoms with E-state index in [4.69, 9.17) is 16.7 Å². The van der Waals surface area contributed by atoms with Gasteiger partial charge in [-0.2, -0.15) is 0 Å². The molecule has 1 aliphatic rings. The number of hydrogen-bond donors (Lipinski definition) is 0. The van der Waals surface area contributed by atoms with Crippen LogP contribution in [0.25, 0.3) is 11.9 Å². The normalized spacial score (nSPS) is 16.5. The molecule has 0 aliphatic carbocycles. The minimum Gasteiger partial charge on any atom is -0.360 e. The molecular formula is C17H17N3O2S2. The summed E-state index contributed by atoms with van der Waals surface area (Å²) < 4.78 is 7.73. The van der Waals surface area contributed by atoms with Gasteiger partial charge in [0.25, 0.3) is 5.91 Å². The quantitative estimate of drug-likeness (QED) is 0.472. The number of carbonyl (C=O) groups is 1. The summed E-state index contributed by atoms with van der Waals surface area (Å²) >= 11 is 6.59. The molecule has 1 aliphatic heterocycles. The minimum absolute atomic E-state index is 0.0769. The number of aromatic nitrogens is 2. The van der Waals surface area contributed by atoms with Crippen LogP contribution < -0.4 is 0 Å². The van der Waals surface area contributed by atoms with E-state index in [1.54, 1.807) is 11.0 Å². The minimum atomic E-state index is -0.0769. The lowest BCUT2D eigenvalue weighted by Crippen LogP contribution is -2.27. The fraction of sp³-hybridized carbons (Fsp3) is 0.235. The van der Waals surface area contributed by atoms with Gasteiger partial charge < -0.3 is 4.52 Å². The van der Waals surface area contributed by atoms with Crippen molar-refractivity contribution in [3.63, 3.8) is 0 Å². The van der Waals surface area contributed by atoms with Gasteiger partial charge in [-0.05, 0) is 38.5 Å².